The number of ether oxygens (including phenoxy) is 1. The van der Waals surface area contributed by atoms with Crippen molar-refractivity contribution in [1.29, 1.82) is 0 Å². The van der Waals surface area contributed by atoms with Gasteiger partial charge in [0.1, 0.15) is 0 Å². The van der Waals surface area contributed by atoms with E-state index in [1.165, 1.54) is 12.1 Å². The molecule has 0 saturated heterocycles. The lowest BCUT2D eigenvalue weighted by Crippen LogP contribution is -2.23. The van der Waals surface area contributed by atoms with Crippen LogP contribution in [0.15, 0.2) is 22.7 Å². The van der Waals surface area contributed by atoms with E-state index in [1.807, 2.05) is 0 Å². The Hall–Kier alpha value is -1.63. The first kappa shape index (κ1) is 12.4. The average Bonchev–Trinajstić information content (AvgIpc) is 2.22. The van der Waals surface area contributed by atoms with Crippen molar-refractivity contribution in [2.75, 3.05) is 11.9 Å². The van der Waals surface area contributed by atoms with Crippen LogP contribution in [0.1, 0.15) is 0 Å². The number of hydrogen-bond acceptors (Lipinski definition) is 3. The molecule has 0 unspecified atom stereocenters. The van der Waals surface area contributed by atoms with Crippen molar-refractivity contribution in [2.24, 2.45) is 5.73 Å². The number of amides is 2. The SMILES string of the molecule is NC(=O)OCC(=O)Nc1cccc(Br)c1F. The Morgan fingerprint density at radius 3 is 2.81 bits per heavy atom. The summed E-state index contributed by atoms with van der Waals surface area (Å²) in [5.41, 5.74) is 4.66. The first-order valence-electron chi connectivity index (χ1n) is 4.17. The monoisotopic (exact) mass is 290 g/mol. The summed E-state index contributed by atoms with van der Waals surface area (Å²) in [6.45, 7) is -0.554. The number of primary amides is 1. The molecule has 0 spiro atoms. The van der Waals surface area contributed by atoms with Crippen LogP contribution in [0, 0.1) is 5.82 Å². The lowest BCUT2D eigenvalue weighted by atomic mass is 10.3. The maximum Gasteiger partial charge on any atom is 0.405 e. The zero-order valence-electron chi connectivity index (χ0n) is 8.00. The Kier molecular flexibility index (Phi) is 4.24. The highest BCUT2D eigenvalue weighted by atomic mass is 79.9. The fraction of sp³-hybridized carbons (Fsp3) is 0.111. The van der Waals surface area contributed by atoms with Crippen LogP contribution in [0.4, 0.5) is 14.9 Å². The third kappa shape index (κ3) is 3.50. The van der Waals surface area contributed by atoms with Crippen LogP contribution in [-0.2, 0) is 9.53 Å². The molecular formula is C9H8BrFN2O3. The molecule has 0 aliphatic heterocycles. The predicted octanol–water partition coefficient (Wildman–Crippen LogP) is 1.62. The molecule has 3 N–H and O–H groups in total. The maximum atomic E-state index is 13.4. The molecule has 0 heterocycles. The molecule has 0 aromatic heterocycles. The van der Waals surface area contributed by atoms with E-state index in [4.69, 9.17) is 0 Å². The van der Waals surface area contributed by atoms with Gasteiger partial charge in [-0.15, -0.1) is 0 Å². The van der Waals surface area contributed by atoms with E-state index >= 15 is 0 Å². The summed E-state index contributed by atoms with van der Waals surface area (Å²) in [6.07, 6.45) is -1.06. The summed E-state index contributed by atoms with van der Waals surface area (Å²) in [5.74, 6) is -1.27. The first-order valence-corrected chi connectivity index (χ1v) is 4.96. The molecule has 86 valence electrons. The Bertz CT molecular complexity index is 425. The molecule has 16 heavy (non-hydrogen) atoms. The van der Waals surface area contributed by atoms with E-state index in [0.717, 1.165) is 0 Å². The van der Waals surface area contributed by atoms with E-state index in [-0.39, 0.29) is 10.2 Å². The van der Waals surface area contributed by atoms with Gasteiger partial charge < -0.3 is 15.8 Å². The molecule has 0 radical (unpaired) electrons. The molecule has 1 aromatic carbocycles. The molecule has 0 aliphatic carbocycles. The minimum atomic E-state index is -1.06. The van der Waals surface area contributed by atoms with E-state index in [0.29, 0.717) is 0 Å². The van der Waals surface area contributed by atoms with Crippen LogP contribution in [-0.4, -0.2) is 18.6 Å². The summed E-state index contributed by atoms with van der Waals surface area (Å²) >= 11 is 2.97. The van der Waals surface area contributed by atoms with Gasteiger partial charge in [-0.1, -0.05) is 6.07 Å². The van der Waals surface area contributed by atoms with Crippen LogP contribution < -0.4 is 11.1 Å². The van der Waals surface area contributed by atoms with E-state index < -0.39 is 24.4 Å². The molecule has 1 rings (SSSR count). The Morgan fingerprint density at radius 1 is 1.50 bits per heavy atom. The molecule has 5 nitrogen and oxygen atoms in total. The third-order valence-electron chi connectivity index (χ3n) is 1.57. The van der Waals surface area contributed by atoms with Crippen molar-refractivity contribution >= 4 is 33.6 Å². The number of nitrogens with two attached hydrogens (primary N) is 1. The second-order valence-electron chi connectivity index (χ2n) is 2.76. The van der Waals surface area contributed by atoms with Gasteiger partial charge in [-0.05, 0) is 28.1 Å². The maximum absolute atomic E-state index is 13.4. The lowest BCUT2D eigenvalue weighted by molar-refractivity contribution is -0.118. The van der Waals surface area contributed by atoms with Crippen molar-refractivity contribution in [2.45, 2.75) is 0 Å². The Labute approximate surface area is 98.9 Å². The molecule has 0 bridgehead atoms. The summed E-state index contributed by atoms with van der Waals surface area (Å²) in [7, 11) is 0. The Balaban J connectivity index is 2.63. The van der Waals surface area contributed by atoms with Crippen molar-refractivity contribution in [3.05, 3.63) is 28.5 Å². The number of nitrogens with one attached hydrogen (secondary N) is 1. The van der Waals surface area contributed by atoms with Gasteiger partial charge in [-0.2, -0.15) is 0 Å². The first-order chi connectivity index (χ1) is 7.50. The number of halogens is 2. The predicted molar refractivity (Wildman–Crippen MR) is 58.3 cm³/mol. The van der Waals surface area contributed by atoms with Crippen LogP contribution >= 0.6 is 15.9 Å². The number of rotatable bonds is 3. The van der Waals surface area contributed by atoms with Gasteiger partial charge >= 0.3 is 6.09 Å². The standard InChI is InChI=1S/C9H8BrFN2O3/c10-5-2-1-3-6(8(5)11)13-7(14)4-16-9(12)15/h1-3H,4H2,(H2,12,15)(H,13,14). The third-order valence-corrected chi connectivity index (χ3v) is 2.18. The molecule has 0 saturated carbocycles. The topological polar surface area (TPSA) is 81.4 Å². The van der Waals surface area contributed by atoms with E-state index in [9.17, 15) is 14.0 Å². The van der Waals surface area contributed by atoms with E-state index in [1.54, 1.807) is 6.07 Å². The summed E-state index contributed by atoms with van der Waals surface area (Å²) in [5, 5.41) is 2.23. The second-order valence-corrected chi connectivity index (χ2v) is 3.61. The fourth-order valence-corrected chi connectivity index (χ4v) is 1.29. The van der Waals surface area contributed by atoms with Gasteiger partial charge in [0.25, 0.3) is 5.91 Å². The van der Waals surface area contributed by atoms with Crippen molar-refractivity contribution in [3.8, 4) is 0 Å². The number of carbonyl (C=O) groups excluding carboxylic acids is 2. The molecule has 0 fully saturated rings. The fourth-order valence-electron chi connectivity index (χ4n) is 0.923. The summed E-state index contributed by atoms with van der Waals surface area (Å²) in [4.78, 5) is 21.4. The molecule has 0 aliphatic rings. The largest absolute Gasteiger partial charge is 0.440 e. The molecule has 7 heteroatoms. The average molecular weight is 291 g/mol. The van der Waals surface area contributed by atoms with Crippen molar-refractivity contribution in [1.82, 2.24) is 0 Å². The normalized spacial score (nSPS) is 9.62. The zero-order chi connectivity index (χ0) is 12.1. The number of carbonyl (C=O) groups is 2. The zero-order valence-corrected chi connectivity index (χ0v) is 9.58. The van der Waals surface area contributed by atoms with Crippen LogP contribution in [0.2, 0.25) is 0 Å². The van der Waals surface area contributed by atoms with Crippen LogP contribution in [0.25, 0.3) is 0 Å². The van der Waals surface area contributed by atoms with Gasteiger partial charge in [-0.25, -0.2) is 9.18 Å². The van der Waals surface area contributed by atoms with Gasteiger partial charge in [0.05, 0.1) is 10.2 Å². The highest BCUT2D eigenvalue weighted by molar-refractivity contribution is 9.10. The van der Waals surface area contributed by atoms with Crippen molar-refractivity contribution < 1.29 is 18.7 Å². The molecule has 0 atom stereocenters. The van der Waals surface area contributed by atoms with Gasteiger partial charge in [0.2, 0.25) is 0 Å². The summed E-state index contributed by atoms with van der Waals surface area (Å²) < 4.78 is 17.8. The summed E-state index contributed by atoms with van der Waals surface area (Å²) in [6, 6.07) is 4.42. The Morgan fingerprint density at radius 2 is 2.19 bits per heavy atom. The van der Waals surface area contributed by atoms with Gasteiger partial charge in [0, 0.05) is 0 Å². The molecule has 2 amide bonds. The lowest BCUT2D eigenvalue weighted by Gasteiger charge is -2.06. The number of benzene rings is 1. The van der Waals surface area contributed by atoms with Gasteiger partial charge in [-0.3, -0.25) is 4.79 Å². The highest BCUT2D eigenvalue weighted by Gasteiger charge is 2.10. The van der Waals surface area contributed by atoms with E-state index in [2.05, 4.69) is 31.7 Å². The van der Waals surface area contributed by atoms with Crippen LogP contribution in [0.5, 0.6) is 0 Å². The van der Waals surface area contributed by atoms with Gasteiger partial charge in [0.15, 0.2) is 12.4 Å². The number of anilines is 1. The minimum absolute atomic E-state index is 0.00699. The molecule has 1 aromatic rings. The smallest absolute Gasteiger partial charge is 0.405 e. The van der Waals surface area contributed by atoms with Crippen LogP contribution in [0.3, 0.4) is 0 Å². The second kappa shape index (κ2) is 5.45. The number of hydrogen-bond donors (Lipinski definition) is 2. The molecular weight excluding hydrogens is 283 g/mol. The highest BCUT2D eigenvalue weighted by Crippen LogP contribution is 2.22. The minimum Gasteiger partial charge on any atom is -0.440 e. The van der Waals surface area contributed by atoms with Crippen molar-refractivity contribution in [3.63, 3.8) is 0 Å². The quantitative estimate of drug-likeness (QED) is 0.888.